The van der Waals surface area contributed by atoms with Gasteiger partial charge in [-0.2, -0.15) is 0 Å². The molecule has 160 valence electrons. The zero-order valence-electron chi connectivity index (χ0n) is 18.9. The summed E-state index contributed by atoms with van der Waals surface area (Å²) < 4.78 is 16.8. The Labute approximate surface area is 174 Å². The number of carbonyl (C=O) groups excluding carboxylic acids is 1. The van der Waals surface area contributed by atoms with Gasteiger partial charge in [-0.3, -0.25) is 9.78 Å². The van der Waals surface area contributed by atoms with E-state index >= 15 is 0 Å². The minimum Gasteiger partial charge on any atom is -0.491 e. The van der Waals surface area contributed by atoms with E-state index in [1.165, 1.54) is 0 Å². The lowest BCUT2D eigenvalue weighted by Gasteiger charge is -2.48. The third-order valence-corrected chi connectivity index (χ3v) is 5.94. The molecule has 2 rings (SSSR count). The van der Waals surface area contributed by atoms with Gasteiger partial charge in [-0.15, -0.1) is 0 Å². The lowest BCUT2D eigenvalue weighted by atomic mass is 9.55. The van der Waals surface area contributed by atoms with E-state index in [0.717, 1.165) is 16.7 Å². The molecule has 0 aliphatic carbocycles. The number of carbonyl (C=O) groups is 1. The van der Waals surface area contributed by atoms with Crippen LogP contribution in [0, 0.1) is 16.2 Å². The monoisotopic (exact) mass is 401 g/mol. The first kappa shape index (κ1) is 23.1. The summed E-state index contributed by atoms with van der Waals surface area (Å²) in [6.45, 7) is 15.9. The fourth-order valence-electron chi connectivity index (χ4n) is 3.54. The number of pyridine rings is 1. The summed E-state index contributed by atoms with van der Waals surface area (Å²) in [5.74, 6) is 0.605. The van der Waals surface area contributed by atoms with E-state index in [1.54, 1.807) is 6.20 Å². The number of hydrogen-bond donors (Lipinski definition) is 0. The Bertz CT molecular complexity index is 803. The highest BCUT2D eigenvalue weighted by Crippen LogP contribution is 2.52. The van der Waals surface area contributed by atoms with Gasteiger partial charge in [0.1, 0.15) is 19.0 Å². The van der Waals surface area contributed by atoms with Gasteiger partial charge in [-0.1, -0.05) is 47.6 Å². The second kappa shape index (κ2) is 9.12. The number of benzene rings is 1. The van der Waals surface area contributed by atoms with Crippen molar-refractivity contribution < 1.29 is 19.0 Å². The van der Waals surface area contributed by atoms with E-state index in [2.05, 4.69) is 46.5 Å². The van der Waals surface area contributed by atoms with E-state index in [4.69, 9.17) is 14.2 Å². The summed E-state index contributed by atoms with van der Waals surface area (Å²) in [5.41, 5.74) is -0.0946. The summed E-state index contributed by atoms with van der Waals surface area (Å²) in [6, 6.07) is 9.71. The third kappa shape index (κ3) is 5.47. The van der Waals surface area contributed by atoms with Gasteiger partial charge in [0.15, 0.2) is 0 Å². The Morgan fingerprint density at radius 1 is 0.897 bits per heavy atom. The summed E-state index contributed by atoms with van der Waals surface area (Å²) in [7, 11) is 0. The van der Waals surface area contributed by atoms with Crippen LogP contribution in [0.5, 0.6) is 5.75 Å². The Morgan fingerprint density at radius 3 is 2.21 bits per heavy atom. The quantitative estimate of drug-likeness (QED) is 0.445. The van der Waals surface area contributed by atoms with E-state index in [-0.39, 0.29) is 23.4 Å². The highest BCUT2D eigenvalue weighted by molar-refractivity contribution is 5.79. The molecule has 5 nitrogen and oxygen atoms in total. The van der Waals surface area contributed by atoms with Crippen molar-refractivity contribution in [3.63, 3.8) is 0 Å². The minimum atomic E-state index is -0.603. The van der Waals surface area contributed by atoms with Gasteiger partial charge in [0.2, 0.25) is 0 Å². The maximum Gasteiger partial charge on any atom is 0.312 e. The number of ether oxygens (including phenoxy) is 3. The van der Waals surface area contributed by atoms with Crippen molar-refractivity contribution in [3.8, 4) is 5.75 Å². The van der Waals surface area contributed by atoms with Gasteiger partial charge in [-0.25, -0.2) is 0 Å². The molecule has 0 radical (unpaired) electrons. The molecule has 0 saturated heterocycles. The summed E-state index contributed by atoms with van der Waals surface area (Å²) in [6.07, 6.45) is 1.77. The van der Waals surface area contributed by atoms with Crippen molar-refractivity contribution in [1.29, 1.82) is 0 Å². The van der Waals surface area contributed by atoms with E-state index in [1.807, 2.05) is 37.3 Å². The molecule has 2 aromatic rings. The zero-order chi connectivity index (χ0) is 21.7. The fourth-order valence-corrected chi connectivity index (χ4v) is 3.54. The number of aromatic nitrogens is 1. The largest absolute Gasteiger partial charge is 0.491 e. The predicted octanol–water partition coefficient (Wildman–Crippen LogP) is 5.27. The predicted molar refractivity (Wildman–Crippen MR) is 116 cm³/mol. The number of nitrogens with zero attached hydrogens (tertiary/aromatic N) is 1. The van der Waals surface area contributed by atoms with Gasteiger partial charge in [-0.05, 0) is 42.0 Å². The average Bonchev–Trinajstić information content (AvgIpc) is 2.64. The molecular formula is C24H35NO4. The molecule has 0 unspecified atom stereocenters. The molecule has 0 bridgehead atoms. The molecule has 1 heterocycles. The van der Waals surface area contributed by atoms with Gasteiger partial charge in [0.05, 0.1) is 24.1 Å². The number of fused-ring (bicyclic) bond motifs is 1. The van der Waals surface area contributed by atoms with Crippen LogP contribution in [0.4, 0.5) is 0 Å². The molecule has 0 fully saturated rings. The second-order valence-corrected chi connectivity index (χ2v) is 9.58. The van der Waals surface area contributed by atoms with Crippen molar-refractivity contribution in [1.82, 2.24) is 4.98 Å². The Kier molecular flexibility index (Phi) is 7.28. The van der Waals surface area contributed by atoms with Crippen LogP contribution in [-0.2, 0) is 14.3 Å². The van der Waals surface area contributed by atoms with Gasteiger partial charge >= 0.3 is 5.97 Å². The maximum atomic E-state index is 12.8. The Balaban J connectivity index is 1.73. The number of esters is 1. The maximum absolute atomic E-state index is 12.8. The Hall–Kier alpha value is -2.14. The average molecular weight is 402 g/mol. The highest BCUT2D eigenvalue weighted by Gasteiger charge is 2.53. The fraction of sp³-hybridized carbons (Fsp3) is 0.583. The van der Waals surface area contributed by atoms with Crippen LogP contribution < -0.4 is 4.74 Å². The van der Waals surface area contributed by atoms with Crippen molar-refractivity contribution in [2.45, 2.75) is 48.5 Å². The highest BCUT2D eigenvalue weighted by atomic mass is 16.6. The normalized spacial score (nSPS) is 12.8. The molecule has 0 amide bonds. The zero-order valence-corrected chi connectivity index (χ0v) is 18.9. The molecule has 0 spiro atoms. The van der Waals surface area contributed by atoms with Crippen molar-refractivity contribution in [2.24, 2.45) is 16.2 Å². The molecule has 0 saturated carbocycles. The van der Waals surface area contributed by atoms with Crippen LogP contribution in [0.1, 0.15) is 48.5 Å². The van der Waals surface area contributed by atoms with Crippen LogP contribution in [-0.4, -0.2) is 37.4 Å². The van der Waals surface area contributed by atoms with Crippen LogP contribution in [0.3, 0.4) is 0 Å². The first-order valence-corrected chi connectivity index (χ1v) is 10.2. The van der Waals surface area contributed by atoms with Crippen molar-refractivity contribution in [2.75, 3.05) is 26.4 Å². The molecular weight excluding hydrogens is 366 g/mol. The van der Waals surface area contributed by atoms with Crippen LogP contribution >= 0.6 is 0 Å². The van der Waals surface area contributed by atoms with Gasteiger partial charge in [0.25, 0.3) is 0 Å². The molecule has 0 aliphatic rings. The van der Waals surface area contributed by atoms with Gasteiger partial charge in [0, 0.05) is 11.6 Å². The molecule has 29 heavy (non-hydrogen) atoms. The summed E-state index contributed by atoms with van der Waals surface area (Å²) >= 11 is 0. The third-order valence-electron chi connectivity index (χ3n) is 5.94. The number of rotatable bonds is 8. The SMILES string of the molecule is CC(C)(C)C(C)(C(=O)OCCOCCOc1ccc2ncccc2c1)C(C)(C)C. The second-order valence-electron chi connectivity index (χ2n) is 9.58. The van der Waals surface area contributed by atoms with Crippen LogP contribution in [0.15, 0.2) is 36.5 Å². The molecule has 0 aliphatic heterocycles. The van der Waals surface area contributed by atoms with E-state index < -0.39 is 5.41 Å². The molecule has 5 heteroatoms. The molecule has 1 aromatic heterocycles. The standard InChI is InChI=1S/C24H35NO4/c1-22(2,3)24(7,23(4,5)6)21(26)29-16-14-27-13-15-28-19-10-11-20-18(17-19)9-8-12-25-20/h8-12,17H,13-16H2,1-7H3. The topological polar surface area (TPSA) is 57.7 Å². The van der Waals surface area contributed by atoms with Gasteiger partial charge < -0.3 is 14.2 Å². The Morgan fingerprint density at radius 2 is 1.55 bits per heavy atom. The lowest BCUT2D eigenvalue weighted by Crippen LogP contribution is -2.51. The number of hydrogen-bond acceptors (Lipinski definition) is 5. The lowest BCUT2D eigenvalue weighted by molar-refractivity contribution is -0.174. The summed E-state index contributed by atoms with van der Waals surface area (Å²) in [4.78, 5) is 17.1. The van der Waals surface area contributed by atoms with E-state index in [0.29, 0.717) is 19.8 Å². The van der Waals surface area contributed by atoms with Crippen LogP contribution in [0.25, 0.3) is 10.9 Å². The van der Waals surface area contributed by atoms with Crippen molar-refractivity contribution >= 4 is 16.9 Å². The van der Waals surface area contributed by atoms with Crippen LogP contribution in [0.2, 0.25) is 0 Å². The first-order valence-electron chi connectivity index (χ1n) is 10.2. The first-order chi connectivity index (χ1) is 13.5. The molecule has 0 atom stereocenters. The molecule has 0 N–H and O–H groups in total. The smallest absolute Gasteiger partial charge is 0.312 e. The van der Waals surface area contributed by atoms with E-state index in [9.17, 15) is 4.79 Å². The summed E-state index contributed by atoms with van der Waals surface area (Å²) in [5, 5.41) is 1.04. The molecule has 1 aromatic carbocycles. The van der Waals surface area contributed by atoms with Crippen molar-refractivity contribution in [3.05, 3.63) is 36.5 Å². The minimum absolute atomic E-state index is 0.179.